The third-order valence-electron chi connectivity index (χ3n) is 4.67. The summed E-state index contributed by atoms with van der Waals surface area (Å²) in [5.41, 5.74) is 4.11. The number of benzene rings is 2. The second kappa shape index (κ2) is 6.19. The Morgan fingerprint density at radius 2 is 1.88 bits per heavy atom. The first-order chi connectivity index (χ1) is 11.4. The Morgan fingerprint density at radius 3 is 2.50 bits per heavy atom. The number of amides is 1. The lowest BCUT2D eigenvalue weighted by Gasteiger charge is -2.39. The summed E-state index contributed by atoms with van der Waals surface area (Å²) in [5.74, 6) is 0.755. The van der Waals surface area contributed by atoms with Crippen molar-refractivity contribution in [3.05, 3.63) is 53.6 Å². The summed E-state index contributed by atoms with van der Waals surface area (Å²) >= 11 is 0. The highest BCUT2D eigenvalue weighted by molar-refractivity contribution is 5.69. The molecule has 126 valence electrons. The molecule has 0 fully saturated rings. The van der Waals surface area contributed by atoms with E-state index in [-0.39, 0.29) is 11.5 Å². The maximum atomic E-state index is 11.2. The van der Waals surface area contributed by atoms with Crippen LogP contribution in [0.3, 0.4) is 0 Å². The van der Waals surface area contributed by atoms with Crippen molar-refractivity contribution in [3.8, 4) is 16.9 Å². The van der Waals surface area contributed by atoms with E-state index in [0.717, 1.165) is 28.9 Å². The minimum atomic E-state index is -1.01. The molecule has 1 aliphatic heterocycles. The van der Waals surface area contributed by atoms with Crippen LogP contribution in [0.2, 0.25) is 0 Å². The third-order valence-corrected chi connectivity index (χ3v) is 4.67. The van der Waals surface area contributed by atoms with Crippen molar-refractivity contribution in [3.63, 3.8) is 0 Å². The lowest BCUT2D eigenvalue weighted by atomic mass is 9.78. The van der Waals surface area contributed by atoms with E-state index < -0.39 is 6.09 Å². The van der Waals surface area contributed by atoms with Gasteiger partial charge in [0.1, 0.15) is 5.75 Å². The first kappa shape index (κ1) is 16.4. The van der Waals surface area contributed by atoms with Gasteiger partial charge in [-0.3, -0.25) is 0 Å². The van der Waals surface area contributed by atoms with Crippen molar-refractivity contribution >= 4 is 6.09 Å². The van der Waals surface area contributed by atoms with Gasteiger partial charge in [-0.25, -0.2) is 4.79 Å². The predicted octanol–water partition coefficient (Wildman–Crippen LogP) is 4.64. The van der Waals surface area contributed by atoms with Crippen LogP contribution in [-0.4, -0.2) is 17.8 Å². The summed E-state index contributed by atoms with van der Waals surface area (Å²) in [6.07, 6.45) is 0.00530. The van der Waals surface area contributed by atoms with Gasteiger partial charge in [-0.1, -0.05) is 57.2 Å². The first-order valence-corrected chi connectivity index (χ1v) is 8.26. The second-order valence-electron chi connectivity index (χ2n) is 6.96. The molecule has 4 nitrogen and oxygen atoms in total. The molecule has 0 aliphatic carbocycles. The normalized spacial score (nSPS) is 18.4. The molecule has 3 rings (SSSR count). The molecule has 0 aromatic heterocycles. The topological polar surface area (TPSA) is 58.6 Å². The summed E-state index contributed by atoms with van der Waals surface area (Å²) in [7, 11) is 0. The molecular formula is C20H23NO3. The smallest absolute Gasteiger partial charge is 0.405 e. The number of carboxylic acid groups (broad SMARTS) is 1. The fourth-order valence-corrected chi connectivity index (χ4v) is 3.17. The fraction of sp³-hybridized carbons (Fsp3) is 0.350. The van der Waals surface area contributed by atoms with Crippen LogP contribution in [0.15, 0.2) is 42.5 Å². The lowest BCUT2D eigenvalue weighted by Crippen LogP contribution is -2.43. The van der Waals surface area contributed by atoms with E-state index in [1.807, 2.05) is 32.0 Å². The summed E-state index contributed by atoms with van der Waals surface area (Å²) in [4.78, 5) is 11.2. The zero-order chi connectivity index (χ0) is 17.3. The lowest BCUT2D eigenvalue weighted by molar-refractivity contribution is 0.0996. The molecule has 2 aromatic rings. The minimum Gasteiger partial charge on any atom is -0.493 e. The van der Waals surface area contributed by atoms with Crippen molar-refractivity contribution in [2.75, 3.05) is 6.61 Å². The zero-order valence-corrected chi connectivity index (χ0v) is 14.3. The third kappa shape index (κ3) is 3.09. The number of ether oxygens (including phenoxy) is 1. The monoisotopic (exact) mass is 325 g/mol. The second-order valence-corrected chi connectivity index (χ2v) is 6.96. The summed E-state index contributed by atoms with van der Waals surface area (Å²) in [5, 5.41) is 11.8. The van der Waals surface area contributed by atoms with Crippen molar-refractivity contribution in [2.24, 2.45) is 5.41 Å². The highest BCUT2D eigenvalue weighted by Gasteiger charge is 2.38. The Hall–Kier alpha value is -2.49. The SMILES string of the molecule is CCc1ccc(-c2ccc3c(c2)OCC(C)(C)C3NC(=O)O)cc1. The van der Waals surface area contributed by atoms with Crippen LogP contribution in [0.25, 0.3) is 11.1 Å². The molecule has 2 aromatic carbocycles. The number of rotatable bonds is 3. The van der Waals surface area contributed by atoms with E-state index >= 15 is 0 Å². The van der Waals surface area contributed by atoms with Crippen molar-refractivity contribution in [1.82, 2.24) is 5.32 Å². The van der Waals surface area contributed by atoms with Crippen LogP contribution in [0.1, 0.15) is 37.9 Å². The minimum absolute atomic E-state index is 0.282. The standard InChI is InChI=1S/C20H23NO3/c1-4-13-5-7-14(8-6-13)15-9-10-16-17(11-15)24-12-20(2,3)18(16)21-19(22)23/h5-11,18,21H,4,12H2,1-3H3,(H,22,23). The average Bonchev–Trinajstić information content (AvgIpc) is 2.57. The van der Waals surface area contributed by atoms with Gasteiger partial charge in [0.2, 0.25) is 0 Å². The van der Waals surface area contributed by atoms with Crippen LogP contribution in [-0.2, 0) is 6.42 Å². The van der Waals surface area contributed by atoms with Crippen LogP contribution < -0.4 is 10.1 Å². The van der Waals surface area contributed by atoms with E-state index in [1.54, 1.807) is 0 Å². The molecule has 24 heavy (non-hydrogen) atoms. The molecule has 1 amide bonds. The molecular weight excluding hydrogens is 302 g/mol. The zero-order valence-electron chi connectivity index (χ0n) is 14.3. The predicted molar refractivity (Wildman–Crippen MR) is 94.4 cm³/mol. The number of nitrogens with one attached hydrogen (secondary N) is 1. The number of hydrogen-bond acceptors (Lipinski definition) is 2. The molecule has 1 unspecified atom stereocenters. The van der Waals surface area contributed by atoms with Gasteiger partial charge in [0, 0.05) is 11.0 Å². The van der Waals surface area contributed by atoms with Gasteiger partial charge in [0.25, 0.3) is 0 Å². The molecule has 1 heterocycles. The van der Waals surface area contributed by atoms with Gasteiger partial charge in [-0.2, -0.15) is 0 Å². The molecule has 0 spiro atoms. The molecule has 1 aliphatic rings. The van der Waals surface area contributed by atoms with Crippen LogP contribution in [0.5, 0.6) is 5.75 Å². The van der Waals surface area contributed by atoms with Crippen molar-refractivity contribution < 1.29 is 14.6 Å². The van der Waals surface area contributed by atoms with Gasteiger partial charge in [-0.15, -0.1) is 0 Å². The Bertz CT molecular complexity index is 750. The van der Waals surface area contributed by atoms with E-state index in [0.29, 0.717) is 6.61 Å². The van der Waals surface area contributed by atoms with Crippen molar-refractivity contribution in [1.29, 1.82) is 0 Å². The van der Waals surface area contributed by atoms with Gasteiger partial charge >= 0.3 is 6.09 Å². The molecule has 0 radical (unpaired) electrons. The van der Waals surface area contributed by atoms with E-state index in [1.165, 1.54) is 5.56 Å². The number of hydrogen-bond donors (Lipinski definition) is 2. The van der Waals surface area contributed by atoms with Crippen molar-refractivity contribution in [2.45, 2.75) is 33.2 Å². The van der Waals surface area contributed by atoms with Crippen LogP contribution in [0.4, 0.5) is 4.79 Å². The highest BCUT2D eigenvalue weighted by atomic mass is 16.5. The van der Waals surface area contributed by atoms with Crippen LogP contribution in [0, 0.1) is 5.41 Å². The molecule has 0 saturated carbocycles. The summed E-state index contributed by atoms with van der Waals surface area (Å²) < 4.78 is 5.92. The highest BCUT2D eigenvalue weighted by Crippen LogP contribution is 2.44. The largest absolute Gasteiger partial charge is 0.493 e. The summed E-state index contributed by atoms with van der Waals surface area (Å²) in [6.45, 7) is 6.63. The molecule has 1 atom stereocenters. The van der Waals surface area contributed by atoms with E-state index in [9.17, 15) is 4.79 Å². The molecule has 2 N–H and O–H groups in total. The molecule has 4 heteroatoms. The van der Waals surface area contributed by atoms with Gasteiger partial charge in [-0.05, 0) is 29.2 Å². The maximum absolute atomic E-state index is 11.2. The van der Waals surface area contributed by atoms with E-state index in [4.69, 9.17) is 9.84 Å². The Balaban J connectivity index is 1.97. The Labute approximate surface area is 142 Å². The van der Waals surface area contributed by atoms with Crippen LogP contribution >= 0.6 is 0 Å². The maximum Gasteiger partial charge on any atom is 0.405 e. The Morgan fingerprint density at radius 1 is 1.21 bits per heavy atom. The van der Waals surface area contributed by atoms with Gasteiger partial charge in [0.05, 0.1) is 12.6 Å². The number of fused-ring (bicyclic) bond motifs is 1. The van der Waals surface area contributed by atoms with Gasteiger partial charge in [0.15, 0.2) is 0 Å². The number of carbonyl (C=O) groups is 1. The average molecular weight is 325 g/mol. The summed E-state index contributed by atoms with van der Waals surface area (Å²) in [6, 6.07) is 14.2. The van der Waals surface area contributed by atoms with Gasteiger partial charge < -0.3 is 15.2 Å². The van der Waals surface area contributed by atoms with E-state index in [2.05, 4.69) is 36.5 Å². The molecule has 0 bridgehead atoms. The Kier molecular flexibility index (Phi) is 4.22. The fourth-order valence-electron chi connectivity index (χ4n) is 3.17. The first-order valence-electron chi connectivity index (χ1n) is 8.26. The quantitative estimate of drug-likeness (QED) is 0.864. The number of aryl methyl sites for hydroxylation is 1. The molecule has 0 saturated heterocycles.